The van der Waals surface area contributed by atoms with Gasteiger partial charge in [-0.1, -0.05) is 55.8 Å². The number of rotatable bonds is 8. The third-order valence-electron chi connectivity index (χ3n) is 6.29. The van der Waals surface area contributed by atoms with Crippen LogP contribution >= 0.6 is 11.8 Å². The van der Waals surface area contributed by atoms with Crippen LogP contribution in [0.3, 0.4) is 0 Å². The number of nitrogens with zero attached hydrogens (tertiary/aromatic N) is 1. The van der Waals surface area contributed by atoms with Crippen molar-refractivity contribution < 1.29 is 14.3 Å². The van der Waals surface area contributed by atoms with Gasteiger partial charge in [0.15, 0.2) is 17.0 Å². The van der Waals surface area contributed by atoms with Gasteiger partial charge in [0.2, 0.25) is 0 Å². The number of hydrogen-bond acceptors (Lipinski definition) is 5. The molecular weight excluding hydrogens is 432 g/mol. The van der Waals surface area contributed by atoms with Crippen LogP contribution in [-0.2, 0) is 4.79 Å². The first-order chi connectivity index (χ1) is 16.1. The topological polar surface area (TPSA) is 50.8 Å². The molecule has 1 unspecified atom stereocenters. The van der Waals surface area contributed by atoms with Crippen molar-refractivity contribution in [2.75, 3.05) is 18.5 Å². The van der Waals surface area contributed by atoms with Crippen LogP contribution in [0.25, 0.3) is 6.08 Å². The van der Waals surface area contributed by atoms with E-state index < -0.39 is 0 Å². The van der Waals surface area contributed by atoms with E-state index in [1.807, 2.05) is 56.3 Å². The summed E-state index contributed by atoms with van der Waals surface area (Å²) in [5.41, 5.74) is 1.85. The van der Waals surface area contributed by atoms with Gasteiger partial charge in [0.1, 0.15) is 0 Å². The zero-order chi connectivity index (χ0) is 23.2. The molecule has 0 aromatic heterocycles. The average Bonchev–Trinajstić information content (AvgIpc) is 3.11. The number of benzene rings is 2. The van der Waals surface area contributed by atoms with Gasteiger partial charge in [0, 0.05) is 11.7 Å². The average molecular weight is 467 g/mol. The molecular formula is C27H34N2O3S. The molecule has 1 amide bonds. The quantitative estimate of drug-likeness (QED) is 0.458. The van der Waals surface area contributed by atoms with E-state index >= 15 is 0 Å². The van der Waals surface area contributed by atoms with Crippen LogP contribution in [-0.4, -0.2) is 35.6 Å². The Hall–Kier alpha value is -2.60. The van der Waals surface area contributed by atoms with Gasteiger partial charge in [0.25, 0.3) is 5.91 Å². The summed E-state index contributed by atoms with van der Waals surface area (Å²) in [6.45, 7) is 7.34. The highest BCUT2D eigenvalue weighted by Crippen LogP contribution is 2.42. The fourth-order valence-corrected chi connectivity index (χ4v) is 5.89. The summed E-state index contributed by atoms with van der Waals surface area (Å²) in [6.07, 6.45) is 6.65. The van der Waals surface area contributed by atoms with Crippen LogP contribution < -0.4 is 14.8 Å². The molecule has 4 rings (SSSR count). The maximum Gasteiger partial charge on any atom is 0.262 e. The molecule has 2 aliphatic rings. The number of anilines is 1. The molecule has 3 atom stereocenters. The zero-order valence-corrected chi connectivity index (χ0v) is 20.6. The first-order valence-corrected chi connectivity index (χ1v) is 12.9. The third kappa shape index (κ3) is 5.49. The van der Waals surface area contributed by atoms with E-state index in [1.54, 1.807) is 11.8 Å². The summed E-state index contributed by atoms with van der Waals surface area (Å²) in [7, 11) is 0. The maximum atomic E-state index is 13.7. The molecule has 1 aliphatic carbocycles. The van der Waals surface area contributed by atoms with Crippen molar-refractivity contribution in [1.29, 1.82) is 0 Å². The molecule has 1 aliphatic heterocycles. The first-order valence-electron chi connectivity index (χ1n) is 12.0. The van der Waals surface area contributed by atoms with Crippen molar-refractivity contribution in [3.05, 3.63) is 59.0 Å². The van der Waals surface area contributed by atoms with Crippen LogP contribution in [0.15, 0.2) is 53.4 Å². The van der Waals surface area contributed by atoms with Gasteiger partial charge in [-0.25, -0.2) is 0 Å². The number of thioether (sulfide) groups is 1. The lowest BCUT2D eigenvalue weighted by Gasteiger charge is -2.39. The van der Waals surface area contributed by atoms with Crippen molar-refractivity contribution in [3.63, 3.8) is 0 Å². The lowest BCUT2D eigenvalue weighted by molar-refractivity contribution is -0.129. The lowest BCUT2D eigenvalue weighted by Crippen LogP contribution is -2.48. The molecule has 2 fully saturated rings. The molecule has 0 spiro atoms. The van der Waals surface area contributed by atoms with Gasteiger partial charge in [-0.15, -0.1) is 0 Å². The Bertz CT molecular complexity index is 979. The second kappa shape index (κ2) is 11.0. The number of ether oxygens (including phenoxy) is 2. The van der Waals surface area contributed by atoms with Crippen LogP contribution in [0.4, 0.5) is 5.69 Å². The summed E-state index contributed by atoms with van der Waals surface area (Å²) in [6, 6.07) is 16.3. The second-order valence-corrected chi connectivity index (χ2v) is 9.72. The smallest absolute Gasteiger partial charge is 0.262 e. The molecule has 0 radical (unpaired) electrons. The predicted molar refractivity (Wildman–Crippen MR) is 136 cm³/mol. The summed E-state index contributed by atoms with van der Waals surface area (Å²) in [5, 5.41) is 3.60. The Morgan fingerprint density at radius 1 is 1.03 bits per heavy atom. The van der Waals surface area contributed by atoms with Crippen molar-refractivity contribution in [3.8, 4) is 11.5 Å². The Labute approximate surface area is 201 Å². The maximum absolute atomic E-state index is 13.7. The number of para-hydroxylation sites is 1. The van der Waals surface area contributed by atoms with E-state index in [0.29, 0.717) is 24.9 Å². The highest BCUT2D eigenvalue weighted by atomic mass is 32.2. The molecule has 1 saturated carbocycles. The summed E-state index contributed by atoms with van der Waals surface area (Å²) in [5.74, 6) is 2.05. The number of carbonyl (C=O) groups is 1. The van der Waals surface area contributed by atoms with E-state index in [-0.39, 0.29) is 17.4 Å². The van der Waals surface area contributed by atoms with Gasteiger partial charge < -0.3 is 19.7 Å². The van der Waals surface area contributed by atoms with E-state index in [0.717, 1.165) is 28.3 Å². The summed E-state index contributed by atoms with van der Waals surface area (Å²) < 4.78 is 11.5. The minimum Gasteiger partial charge on any atom is -0.490 e. The van der Waals surface area contributed by atoms with Gasteiger partial charge in [-0.2, -0.15) is 0 Å². The fraction of sp³-hybridized carbons (Fsp3) is 0.444. The van der Waals surface area contributed by atoms with E-state index in [1.165, 1.54) is 19.3 Å². The third-order valence-corrected chi connectivity index (χ3v) is 7.40. The lowest BCUT2D eigenvalue weighted by atomic mass is 9.85. The number of hydrogen-bond donors (Lipinski definition) is 1. The minimum absolute atomic E-state index is 0.110. The number of carbonyl (C=O) groups excluding carboxylic acids is 1. The van der Waals surface area contributed by atoms with Crippen molar-refractivity contribution in [1.82, 2.24) is 4.90 Å². The fourth-order valence-electron chi connectivity index (χ4n) is 4.68. The molecule has 1 saturated heterocycles. The van der Waals surface area contributed by atoms with Crippen molar-refractivity contribution in [2.24, 2.45) is 5.92 Å². The van der Waals surface area contributed by atoms with E-state index in [2.05, 4.69) is 29.3 Å². The van der Waals surface area contributed by atoms with Crippen LogP contribution in [0.5, 0.6) is 11.5 Å². The van der Waals surface area contributed by atoms with E-state index in [4.69, 9.17) is 9.47 Å². The Kier molecular flexibility index (Phi) is 7.86. The summed E-state index contributed by atoms with van der Waals surface area (Å²) >= 11 is 1.60. The minimum atomic E-state index is -0.120. The Morgan fingerprint density at radius 3 is 2.48 bits per heavy atom. The van der Waals surface area contributed by atoms with Crippen LogP contribution in [0, 0.1) is 5.92 Å². The highest BCUT2D eigenvalue weighted by molar-refractivity contribution is 8.05. The van der Waals surface area contributed by atoms with Crippen LogP contribution in [0.1, 0.15) is 52.0 Å². The molecule has 2 aromatic rings. The molecule has 5 nitrogen and oxygen atoms in total. The molecule has 6 heteroatoms. The summed E-state index contributed by atoms with van der Waals surface area (Å²) in [4.78, 5) is 16.5. The normalized spacial score (nSPS) is 24.2. The van der Waals surface area contributed by atoms with Crippen LogP contribution in [0.2, 0.25) is 0 Å². The van der Waals surface area contributed by atoms with Gasteiger partial charge in [-0.3, -0.25) is 4.79 Å². The second-order valence-electron chi connectivity index (χ2n) is 8.60. The highest BCUT2D eigenvalue weighted by Gasteiger charge is 2.42. The Morgan fingerprint density at radius 2 is 1.76 bits per heavy atom. The standard InChI is InChI=1S/C27H34N2O3S/c1-4-31-23-16-15-20(17-24(23)32-5-2)18-25-26(30)29(22-14-10-9-11-19(22)3)27(33-25)28-21-12-7-6-8-13-21/h6-8,12-13,15-19,22,27-28H,4-5,9-11,14H2,1-3H3/b25-18-/t19-,22-,27?/m0/s1. The molecule has 2 aromatic carbocycles. The zero-order valence-electron chi connectivity index (χ0n) is 19.8. The molecule has 1 heterocycles. The number of amides is 1. The van der Waals surface area contributed by atoms with Crippen molar-refractivity contribution in [2.45, 2.75) is 58.0 Å². The molecule has 0 bridgehead atoms. The predicted octanol–water partition coefficient (Wildman–Crippen LogP) is 6.37. The number of nitrogens with one attached hydrogen (secondary N) is 1. The Balaban J connectivity index is 1.64. The van der Waals surface area contributed by atoms with E-state index in [9.17, 15) is 4.79 Å². The SMILES string of the molecule is CCOc1ccc(/C=C2\SC(Nc3ccccc3)N([C@H]3CCCC[C@@H]3C)C2=O)cc1OCC. The van der Waals surface area contributed by atoms with Crippen molar-refractivity contribution >= 4 is 29.4 Å². The molecule has 1 N–H and O–H groups in total. The first kappa shape index (κ1) is 23.6. The van der Waals surface area contributed by atoms with Gasteiger partial charge in [0.05, 0.1) is 18.1 Å². The van der Waals surface area contributed by atoms with Gasteiger partial charge >= 0.3 is 0 Å². The van der Waals surface area contributed by atoms with Gasteiger partial charge in [-0.05, 0) is 68.5 Å². The molecule has 176 valence electrons. The monoisotopic (exact) mass is 466 g/mol. The largest absolute Gasteiger partial charge is 0.490 e. The molecule has 33 heavy (non-hydrogen) atoms.